The van der Waals surface area contributed by atoms with Crippen molar-refractivity contribution in [1.82, 2.24) is 4.98 Å². The van der Waals surface area contributed by atoms with Gasteiger partial charge < -0.3 is 14.3 Å². The molecule has 5 rings (SSSR count). The van der Waals surface area contributed by atoms with Crippen LogP contribution in [0.3, 0.4) is 0 Å². The smallest absolute Gasteiger partial charge is 0.296 e. The number of ether oxygens (including phenoxy) is 1. The van der Waals surface area contributed by atoms with Crippen molar-refractivity contribution in [3.8, 4) is 5.75 Å². The SMILES string of the molecule is COc1cccc2cc(C(=O)C3=C(O)C(=O)N(c4nccs4)C3c3ccccc3)oc12. The Morgan fingerprint density at radius 3 is 2.71 bits per heavy atom. The Labute approximate surface area is 180 Å². The maximum Gasteiger partial charge on any atom is 0.296 e. The van der Waals surface area contributed by atoms with Gasteiger partial charge in [0.05, 0.1) is 18.7 Å². The van der Waals surface area contributed by atoms with Crippen LogP contribution < -0.4 is 9.64 Å². The van der Waals surface area contributed by atoms with Crippen molar-refractivity contribution in [2.75, 3.05) is 12.0 Å². The summed E-state index contributed by atoms with van der Waals surface area (Å²) in [4.78, 5) is 32.1. The van der Waals surface area contributed by atoms with E-state index in [0.29, 0.717) is 27.4 Å². The van der Waals surface area contributed by atoms with Crippen LogP contribution in [0.4, 0.5) is 5.13 Å². The predicted molar refractivity (Wildman–Crippen MR) is 116 cm³/mol. The first-order chi connectivity index (χ1) is 15.1. The quantitative estimate of drug-likeness (QED) is 0.460. The molecule has 1 unspecified atom stereocenters. The number of aliphatic hydroxyl groups excluding tert-OH is 1. The molecule has 0 bridgehead atoms. The van der Waals surface area contributed by atoms with Gasteiger partial charge in [-0.3, -0.25) is 14.5 Å². The summed E-state index contributed by atoms with van der Waals surface area (Å²) < 4.78 is 11.1. The van der Waals surface area contributed by atoms with Crippen molar-refractivity contribution in [2.24, 2.45) is 0 Å². The van der Waals surface area contributed by atoms with Crippen LogP contribution in [0.2, 0.25) is 0 Å². The Morgan fingerprint density at radius 1 is 1.19 bits per heavy atom. The molecule has 31 heavy (non-hydrogen) atoms. The van der Waals surface area contributed by atoms with E-state index in [1.54, 1.807) is 48.0 Å². The molecule has 0 saturated carbocycles. The molecule has 2 aromatic heterocycles. The van der Waals surface area contributed by atoms with Crippen molar-refractivity contribution in [3.63, 3.8) is 0 Å². The van der Waals surface area contributed by atoms with Gasteiger partial charge >= 0.3 is 0 Å². The largest absolute Gasteiger partial charge is 0.503 e. The number of hydrogen-bond acceptors (Lipinski definition) is 7. The van der Waals surface area contributed by atoms with E-state index in [-0.39, 0.29) is 11.3 Å². The molecule has 8 heteroatoms. The fourth-order valence-electron chi connectivity index (χ4n) is 3.76. The molecule has 0 fully saturated rings. The van der Waals surface area contributed by atoms with Gasteiger partial charge in [0.1, 0.15) is 0 Å². The molecular weight excluding hydrogens is 416 g/mol. The number of thiazole rings is 1. The van der Waals surface area contributed by atoms with Crippen molar-refractivity contribution < 1.29 is 23.8 Å². The molecule has 154 valence electrons. The summed E-state index contributed by atoms with van der Waals surface area (Å²) in [5.74, 6) is -1.36. The first kappa shape index (κ1) is 19.1. The third-order valence-corrected chi connectivity index (χ3v) is 5.92. The topological polar surface area (TPSA) is 92.9 Å². The van der Waals surface area contributed by atoms with Crippen LogP contribution in [0.1, 0.15) is 22.2 Å². The maximum absolute atomic E-state index is 13.5. The highest BCUT2D eigenvalue weighted by atomic mass is 32.1. The Morgan fingerprint density at radius 2 is 2.00 bits per heavy atom. The normalized spacial score (nSPS) is 16.4. The van der Waals surface area contributed by atoms with Crippen molar-refractivity contribution >= 4 is 39.1 Å². The van der Waals surface area contributed by atoms with E-state index in [9.17, 15) is 14.7 Å². The summed E-state index contributed by atoms with van der Waals surface area (Å²) in [6.07, 6.45) is 1.57. The van der Waals surface area contributed by atoms with E-state index < -0.39 is 23.5 Å². The summed E-state index contributed by atoms with van der Waals surface area (Å²) in [5.41, 5.74) is 1.04. The number of anilines is 1. The number of carbonyl (C=O) groups excluding carboxylic acids is 2. The van der Waals surface area contributed by atoms with Gasteiger partial charge in [0, 0.05) is 17.0 Å². The number of carbonyl (C=O) groups is 2. The second-order valence-corrected chi connectivity index (χ2v) is 7.76. The number of amides is 1. The Balaban J connectivity index is 1.65. The number of hydrogen-bond donors (Lipinski definition) is 1. The second-order valence-electron chi connectivity index (χ2n) is 6.88. The average Bonchev–Trinajstić information content (AvgIpc) is 3.52. The Kier molecular flexibility index (Phi) is 4.56. The van der Waals surface area contributed by atoms with Crippen LogP contribution in [0.25, 0.3) is 11.0 Å². The van der Waals surface area contributed by atoms with Gasteiger partial charge in [0.2, 0.25) is 5.78 Å². The minimum Gasteiger partial charge on any atom is -0.503 e. The summed E-state index contributed by atoms with van der Waals surface area (Å²) in [7, 11) is 1.51. The third-order valence-electron chi connectivity index (χ3n) is 5.15. The van der Waals surface area contributed by atoms with E-state index in [4.69, 9.17) is 9.15 Å². The summed E-state index contributed by atoms with van der Waals surface area (Å²) in [6, 6.07) is 15.1. The van der Waals surface area contributed by atoms with Crippen LogP contribution in [-0.4, -0.2) is 28.9 Å². The van der Waals surface area contributed by atoms with Crippen molar-refractivity contribution in [3.05, 3.63) is 88.8 Å². The fourth-order valence-corrected chi connectivity index (χ4v) is 4.43. The van der Waals surface area contributed by atoms with Gasteiger partial charge in [-0.25, -0.2) is 4.98 Å². The summed E-state index contributed by atoms with van der Waals surface area (Å²) >= 11 is 1.25. The highest BCUT2D eigenvalue weighted by Crippen LogP contribution is 2.43. The molecule has 0 saturated heterocycles. The molecule has 0 radical (unpaired) electrons. The molecular formula is C23H16N2O5S. The number of furan rings is 1. The van der Waals surface area contributed by atoms with Gasteiger partial charge in [-0.05, 0) is 17.7 Å². The lowest BCUT2D eigenvalue weighted by molar-refractivity contribution is -0.117. The molecule has 1 aliphatic rings. The van der Waals surface area contributed by atoms with Gasteiger partial charge in [-0.1, -0.05) is 42.5 Å². The van der Waals surface area contributed by atoms with Crippen molar-refractivity contribution in [2.45, 2.75) is 6.04 Å². The van der Waals surface area contributed by atoms with E-state index in [0.717, 1.165) is 0 Å². The summed E-state index contributed by atoms with van der Waals surface area (Å²) in [5, 5.41) is 13.5. The molecule has 2 aromatic carbocycles. The van der Waals surface area contributed by atoms with E-state index >= 15 is 0 Å². The first-order valence-corrected chi connectivity index (χ1v) is 10.3. The minimum absolute atomic E-state index is 0.00997. The van der Waals surface area contributed by atoms with Gasteiger partial charge in [-0.15, -0.1) is 11.3 Å². The van der Waals surface area contributed by atoms with E-state index in [1.807, 2.05) is 18.2 Å². The van der Waals surface area contributed by atoms with Gasteiger partial charge in [-0.2, -0.15) is 0 Å². The van der Waals surface area contributed by atoms with E-state index in [2.05, 4.69) is 4.98 Å². The number of benzene rings is 2. The summed E-state index contributed by atoms with van der Waals surface area (Å²) in [6.45, 7) is 0. The number of ketones is 1. The van der Waals surface area contributed by atoms with Crippen LogP contribution in [-0.2, 0) is 4.79 Å². The molecule has 1 atom stereocenters. The number of methoxy groups -OCH3 is 1. The number of rotatable bonds is 5. The standard InChI is InChI=1S/C23H16N2O5S/c1-29-15-9-5-8-14-12-16(30-21(14)15)19(26)17-18(13-6-3-2-4-7-13)25(22(28)20(17)27)23-24-10-11-31-23/h2-12,18,27H,1H3. The van der Waals surface area contributed by atoms with Crippen LogP contribution in [0.15, 0.2) is 81.9 Å². The fraction of sp³-hybridized carbons (Fsp3) is 0.0870. The maximum atomic E-state index is 13.5. The zero-order valence-electron chi connectivity index (χ0n) is 16.3. The first-order valence-electron chi connectivity index (χ1n) is 9.42. The van der Waals surface area contributed by atoms with Crippen LogP contribution in [0.5, 0.6) is 5.75 Å². The van der Waals surface area contributed by atoms with Crippen LogP contribution >= 0.6 is 11.3 Å². The Bertz CT molecular complexity index is 1320. The molecule has 1 N–H and O–H groups in total. The number of fused-ring (bicyclic) bond motifs is 1. The zero-order valence-corrected chi connectivity index (χ0v) is 17.1. The average molecular weight is 432 g/mol. The number of nitrogens with zero attached hydrogens (tertiary/aromatic N) is 2. The molecule has 1 amide bonds. The number of para-hydroxylation sites is 1. The number of aromatic nitrogens is 1. The lowest BCUT2D eigenvalue weighted by Gasteiger charge is -2.24. The molecule has 3 heterocycles. The van der Waals surface area contributed by atoms with Gasteiger partial charge in [0.15, 0.2) is 28.0 Å². The highest BCUT2D eigenvalue weighted by molar-refractivity contribution is 7.13. The van der Waals surface area contributed by atoms with E-state index in [1.165, 1.54) is 23.3 Å². The third kappa shape index (κ3) is 3.00. The van der Waals surface area contributed by atoms with Gasteiger partial charge in [0.25, 0.3) is 5.91 Å². The van der Waals surface area contributed by atoms with Crippen molar-refractivity contribution in [1.29, 1.82) is 0 Å². The predicted octanol–water partition coefficient (Wildman–Crippen LogP) is 4.68. The second kappa shape index (κ2) is 7.41. The highest BCUT2D eigenvalue weighted by Gasteiger charge is 2.46. The minimum atomic E-state index is -0.831. The molecule has 0 spiro atoms. The lowest BCUT2D eigenvalue weighted by Crippen LogP contribution is -2.30. The number of aliphatic hydroxyl groups is 1. The molecule has 1 aliphatic heterocycles. The number of Topliss-reactive ketones (excluding diaryl/α,β-unsaturated/α-hetero) is 1. The monoisotopic (exact) mass is 432 g/mol. The lowest BCUT2D eigenvalue weighted by atomic mass is 9.95. The Hall–Kier alpha value is -3.91. The van der Waals surface area contributed by atoms with Crippen LogP contribution in [0, 0.1) is 0 Å². The molecule has 0 aliphatic carbocycles. The molecule has 4 aromatic rings. The zero-order chi connectivity index (χ0) is 21.5. The molecule has 7 nitrogen and oxygen atoms in total.